The molecule has 1 aromatic heterocycles. The summed E-state index contributed by atoms with van der Waals surface area (Å²) in [6.45, 7) is 0. The van der Waals surface area contributed by atoms with E-state index >= 15 is 0 Å². The summed E-state index contributed by atoms with van der Waals surface area (Å²) in [6, 6.07) is 5.53. The zero-order valence-electron chi connectivity index (χ0n) is 6.95. The number of fused-ring (bicyclic) bond motifs is 1. The Labute approximate surface area is 89.3 Å². The summed E-state index contributed by atoms with van der Waals surface area (Å²) in [6.07, 6.45) is 0.693. The van der Waals surface area contributed by atoms with E-state index in [1.807, 2.05) is 12.1 Å². The van der Waals surface area contributed by atoms with Gasteiger partial charge in [-0.15, -0.1) is 11.3 Å². The predicted molar refractivity (Wildman–Crippen MR) is 56.9 cm³/mol. The third kappa shape index (κ3) is 1.20. The first-order valence-electron chi connectivity index (χ1n) is 3.83. The Morgan fingerprint density at radius 3 is 2.93 bits per heavy atom. The van der Waals surface area contributed by atoms with Crippen molar-refractivity contribution in [3.8, 4) is 6.07 Å². The van der Waals surface area contributed by atoms with E-state index in [4.69, 9.17) is 16.9 Å². The molecule has 0 bridgehead atoms. The van der Waals surface area contributed by atoms with Gasteiger partial charge < -0.3 is 0 Å². The van der Waals surface area contributed by atoms with Crippen molar-refractivity contribution < 1.29 is 4.79 Å². The van der Waals surface area contributed by atoms with Crippen LogP contribution in [0.2, 0.25) is 5.02 Å². The molecule has 4 heteroatoms. The third-order valence-electron chi connectivity index (χ3n) is 1.97. The molecule has 0 N–H and O–H groups in total. The van der Waals surface area contributed by atoms with Crippen LogP contribution in [0.5, 0.6) is 0 Å². The van der Waals surface area contributed by atoms with Crippen molar-refractivity contribution in [2.24, 2.45) is 0 Å². The zero-order chi connectivity index (χ0) is 10.1. The molecule has 2 rings (SSSR count). The van der Waals surface area contributed by atoms with Gasteiger partial charge in [0.05, 0.1) is 10.6 Å². The summed E-state index contributed by atoms with van der Waals surface area (Å²) in [7, 11) is 0. The van der Waals surface area contributed by atoms with E-state index in [2.05, 4.69) is 0 Å². The highest BCUT2D eigenvalue weighted by Crippen LogP contribution is 2.31. The molecule has 0 radical (unpaired) electrons. The lowest BCUT2D eigenvalue weighted by Gasteiger charge is -1.97. The molecule has 14 heavy (non-hydrogen) atoms. The van der Waals surface area contributed by atoms with E-state index in [-0.39, 0.29) is 0 Å². The number of nitrogens with zero attached hydrogens (tertiary/aromatic N) is 1. The highest BCUT2D eigenvalue weighted by Gasteiger charge is 2.11. The Morgan fingerprint density at radius 2 is 2.29 bits per heavy atom. The topological polar surface area (TPSA) is 40.9 Å². The summed E-state index contributed by atoms with van der Waals surface area (Å²) in [5.74, 6) is 0. The van der Waals surface area contributed by atoms with Crippen molar-refractivity contribution in [2.45, 2.75) is 0 Å². The van der Waals surface area contributed by atoms with Gasteiger partial charge in [-0.2, -0.15) is 5.26 Å². The fourth-order valence-electron chi connectivity index (χ4n) is 1.33. The van der Waals surface area contributed by atoms with E-state index in [0.717, 1.165) is 4.70 Å². The number of halogens is 1. The van der Waals surface area contributed by atoms with Crippen molar-refractivity contribution in [3.05, 3.63) is 33.7 Å². The van der Waals surface area contributed by atoms with Gasteiger partial charge in [0, 0.05) is 21.0 Å². The van der Waals surface area contributed by atoms with Crippen LogP contribution in [0.4, 0.5) is 0 Å². The molecule has 2 aromatic rings. The van der Waals surface area contributed by atoms with Gasteiger partial charge in [-0.05, 0) is 12.1 Å². The van der Waals surface area contributed by atoms with E-state index in [0.29, 0.717) is 27.8 Å². The SMILES string of the molecule is N#Cc1csc2ccc(Cl)c(C=O)c12. The minimum Gasteiger partial charge on any atom is -0.298 e. The molecule has 0 saturated carbocycles. The number of benzene rings is 1. The van der Waals surface area contributed by atoms with Gasteiger partial charge in [-0.3, -0.25) is 4.79 Å². The molecule has 1 heterocycles. The molecule has 0 aliphatic rings. The van der Waals surface area contributed by atoms with Gasteiger partial charge in [-0.25, -0.2) is 0 Å². The second-order valence-corrected chi connectivity index (χ2v) is 4.03. The minimum absolute atomic E-state index is 0.391. The van der Waals surface area contributed by atoms with Crippen molar-refractivity contribution in [3.63, 3.8) is 0 Å². The molecule has 1 aromatic carbocycles. The Hall–Kier alpha value is -1.37. The number of aldehydes is 1. The van der Waals surface area contributed by atoms with Crippen molar-refractivity contribution in [1.82, 2.24) is 0 Å². The van der Waals surface area contributed by atoms with E-state index in [1.165, 1.54) is 11.3 Å². The van der Waals surface area contributed by atoms with Crippen LogP contribution in [-0.2, 0) is 0 Å². The molecular weight excluding hydrogens is 218 g/mol. The van der Waals surface area contributed by atoms with Crippen LogP contribution in [0, 0.1) is 11.3 Å². The highest BCUT2D eigenvalue weighted by atomic mass is 35.5. The van der Waals surface area contributed by atoms with Gasteiger partial charge in [0.2, 0.25) is 0 Å². The third-order valence-corrected chi connectivity index (χ3v) is 3.24. The first kappa shape index (κ1) is 9.20. The van der Waals surface area contributed by atoms with Crippen LogP contribution in [0.25, 0.3) is 10.1 Å². The Morgan fingerprint density at radius 1 is 1.50 bits per heavy atom. The van der Waals surface area contributed by atoms with Crippen LogP contribution in [0.1, 0.15) is 15.9 Å². The van der Waals surface area contributed by atoms with Gasteiger partial charge in [0.15, 0.2) is 6.29 Å². The fraction of sp³-hybridized carbons (Fsp3) is 0. The largest absolute Gasteiger partial charge is 0.298 e. The van der Waals surface area contributed by atoms with Crippen LogP contribution in [0.15, 0.2) is 17.5 Å². The number of hydrogen-bond donors (Lipinski definition) is 0. The van der Waals surface area contributed by atoms with Crippen LogP contribution >= 0.6 is 22.9 Å². The van der Waals surface area contributed by atoms with Gasteiger partial charge in [0.25, 0.3) is 0 Å². The Balaban J connectivity index is 2.97. The molecule has 2 nitrogen and oxygen atoms in total. The number of thiophene rings is 1. The maximum Gasteiger partial charge on any atom is 0.152 e. The summed E-state index contributed by atoms with van der Waals surface area (Å²) < 4.78 is 0.910. The van der Waals surface area contributed by atoms with Gasteiger partial charge in [0.1, 0.15) is 6.07 Å². The molecule has 0 amide bonds. The molecule has 0 atom stereocenters. The second-order valence-electron chi connectivity index (χ2n) is 2.71. The number of carbonyl (C=O) groups is 1. The van der Waals surface area contributed by atoms with Crippen molar-refractivity contribution in [2.75, 3.05) is 0 Å². The van der Waals surface area contributed by atoms with Crippen LogP contribution < -0.4 is 0 Å². The van der Waals surface area contributed by atoms with Crippen molar-refractivity contribution >= 4 is 39.3 Å². The standard InChI is InChI=1S/C10H4ClNOS/c11-8-1-2-9-10(7(8)4-13)6(3-12)5-14-9/h1-2,4-5H. The molecule has 0 saturated heterocycles. The normalized spacial score (nSPS) is 10.0. The lowest BCUT2D eigenvalue weighted by Crippen LogP contribution is -1.84. The second kappa shape index (κ2) is 3.41. The van der Waals surface area contributed by atoms with Crippen LogP contribution in [-0.4, -0.2) is 6.29 Å². The molecule has 0 unspecified atom stereocenters. The number of carbonyl (C=O) groups excluding carboxylic acids is 1. The first-order valence-corrected chi connectivity index (χ1v) is 5.08. The molecule has 68 valence electrons. The minimum atomic E-state index is 0.391. The lowest BCUT2D eigenvalue weighted by molar-refractivity contribution is 0.112. The average molecular weight is 222 g/mol. The molecule has 0 aliphatic heterocycles. The van der Waals surface area contributed by atoms with E-state index in [9.17, 15) is 4.79 Å². The average Bonchev–Trinajstić information content (AvgIpc) is 2.61. The van der Waals surface area contributed by atoms with E-state index < -0.39 is 0 Å². The Kier molecular flexibility index (Phi) is 2.24. The number of hydrogen-bond acceptors (Lipinski definition) is 3. The fourth-order valence-corrected chi connectivity index (χ4v) is 2.43. The van der Waals surface area contributed by atoms with Crippen LogP contribution in [0.3, 0.4) is 0 Å². The first-order chi connectivity index (χ1) is 6.77. The van der Waals surface area contributed by atoms with Crippen molar-refractivity contribution in [1.29, 1.82) is 5.26 Å². The lowest BCUT2D eigenvalue weighted by atomic mass is 10.1. The summed E-state index contributed by atoms with van der Waals surface area (Å²) in [5.41, 5.74) is 0.913. The number of rotatable bonds is 1. The van der Waals surface area contributed by atoms with E-state index in [1.54, 1.807) is 11.4 Å². The van der Waals surface area contributed by atoms with Gasteiger partial charge in [-0.1, -0.05) is 11.6 Å². The molecule has 0 fully saturated rings. The maximum absolute atomic E-state index is 10.8. The van der Waals surface area contributed by atoms with Gasteiger partial charge >= 0.3 is 0 Å². The Bertz CT molecular complexity index is 553. The monoisotopic (exact) mass is 221 g/mol. The maximum atomic E-state index is 10.8. The molecule has 0 spiro atoms. The summed E-state index contributed by atoms with van der Waals surface area (Å²) in [5, 5.41) is 11.6. The molecule has 0 aliphatic carbocycles. The highest BCUT2D eigenvalue weighted by molar-refractivity contribution is 7.17. The predicted octanol–water partition coefficient (Wildman–Crippen LogP) is 3.24. The number of nitriles is 1. The quantitative estimate of drug-likeness (QED) is 0.694. The summed E-state index contributed by atoms with van der Waals surface area (Å²) >= 11 is 7.29. The molecular formula is C10H4ClNOS. The smallest absolute Gasteiger partial charge is 0.152 e. The zero-order valence-corrected chi connectivity index (χ0v) is 8.52. The summed E-state index contributed by atoms with van der Waals surface area (Å²) in [4.78, 5) is 10.8.